The van der Waals surface area contributed by atoms with Gasteiger partial charge in [0.25, 0.3) is 0 Å². The van der Waals surface area contributed by atoms with E-state index in [0.717, 1.165) is 11.3 Å². The fourth-order valence-electron chi connectivity index (χ4n) is 1.76. The number of hydrogen-bond acceptors (Lipinski definition) is 5. The molecule has 2 aromatic rings. The number of aromatic nitrogens is 3. The lowest BCUT2D eigenvalue weighted by Crippen LogP contribution is -2.24. The van der Waals surface area contributed by atoms with Crippen molar-refractivity contribution >= 4 is 15.8 Å². The Kier molecular flexibility index (Phi) is 4.05. The van der Waals surface area contributed by atoms with Crippen molar-refractivity contribution in [3.63, 3.8) is 0 Å². The zero-order valence-corrected chi connectivity index (χ0v) is 12.4. The highest BCUT2D eigenvalue weighted by Crippen LogP contribution is 2.17. The smallest absolute Gasteiger partial charge is 0.244 e. The quantitative estimate of drug-likeness (QED) is 0.845. The number of nitrogens with one attached hydrogen (secondary N) is 2. The minimum absolute atomic E-state index is 0.129. The number of nitrogens with zero attached hydrogens (tertiary/aromatic N) is 3. The van der Waals surface area contributed by atoms with Gasteiger partial charge in [0.05, 0.1) is 6.20 Å². The van der Waals surface area contributed by atoms with Crippen molar-refractivity contribution in [2.45, 2.75) is 18.4 Å². The van der Waals surface area contributed by atoms with Gasteiger partial charge in [-0.2, -0.15) is 5.10 Å². The van der Waals surface area contributed by atoms with Crippen LogP contribution in [0.1, 0.15) is 11.3 Å². The van der Waals surface area contributed by atoms with Crippen molar-refractivity contribution in [2.24, 2.45) is 7.05 Å². The Morgan fingerprint density at radius 1 is 1.40 bits per heavy atom. The lowest BCUT2D eigenvalue weighted by Gasteiger charge is -2.10. The SMILES string of the molecule is CNc1ncccc1S(=O)(=O)NCc1cnn(C)c1C. The summed E-state index contributed by atoms with van der Waals surface area (Å²) in [6.07, 6.45) is 3.19. The zero-order valence-electron chi connectivity index (χ0n) is 11.6. The van der Waals surface area contributed by atoms with Crippen LogP contribution in [0.2, 0.25) is 0 Å². The molecule has 108 valence electrons. The summed E-state index contributed by atoms with van der Waals surface area (Å²) in [6, 6.07) is 3.10. The van der Waals surface area contributed by atoms with Crippen molar-refractivity contribution in [2.75, 3.05) is 12.4 Å². The van der Waals surface area contributed by atoms with E-state index in [-0.39, 0.29) is 11.4 Å². The van der Waals surface area contributed by atoms with Crippen LogP contribution in [0.4, 0.5) is 5.82 Å². The first-order chi connectivity index (χ1) is 9.45. The van der Waals surface area contributed by atoms with Crippen LogP contribution >= 0.6 is 0 Å². The highest BCUT2D eigenvalue weighted by Gasteiger charge is 2.19. The number of anilines is 1. The van der Waals surface area contributed by atoms with Gasteiger partial charge in [-0.25, -0.2) is 18.1 Å². The average molecular weight is 295 g/mol. The van der Waals surface area contributed by atoms with Gasteiger partial charge in [0, 0.05) is 38.1 Å². The minimum atomic E-state index is -3.62. The molecule has 20 heavy (non-hydrogen) atoms. The van der Waals surface area contributed by atoms with Crippen LogP contribution in [0.15, 0.2) is 29.4 Å². The van der Waals surface area contributed by atoms with Gasteiger partial charge in [-0.1, -0.05) is 0 Å². The molecule has 2 rings (SSSR count). The summed E-state index contributed by atoms with van der Waals surface area (Å²) in [7, 11) is -0.176. The Bertz CT molecular complexity index is 708. The van der Waals surface area contributed by atoms with E-state index in [2.05, 4.69) is 20.1 Å². The third-order valence-corrected chi connectivity index (χ3v) is 4.52. The highest BCUT2D eigenvalue weighted by atomic mass is 32.2. The number of aryl methyl sites for hydroxylation is 1. The molecule has 0 amide bonds. The average Bonchev–Trinajstić information content (AvgIpc) is 2.76. The van der Waals surface area contributed by atoms with Gasteiger partial charge < -0.3 is 5.32 Å². The number of pyridine rings is 1. The predicted octanol–water partition coefficient (Wildman–Crippen LogP) is 0.644. The zero-order chi connectivity index (χ0) is 14.8. The molecule has 8 heteroatoms. The van der Waals surface area contributed by atoms with Gasteiger partial charge in [0.15, 0.2) is 0 Å². The van der Waals surface area contributed by atoms with E-state index in [1.807, 2.05) is 14.0 Å². The monoisotopic (exact) mass is 295 g/mol. The molecule has 0 spiro atoms. The standard InChI is InChI=1S/C12H17N5O2S/c1-9-10(7-15-17(9)3)8-16-20(18,19)11-5-4-6-14-12(11)13-2/h4-7,16H,8H2,1-3H3,(H,13,14). The molecule has 0 aliphatic rings. The molecule has 0 aromatic carbocycles. The first kappa shape index (κ1) is 14.5. The van der Waals surface area contributed by atoms with Crippen molar-refractivity contribution in [3.05, 3.63) is 35.8 Å². The van der Waals surface area contributed by atoms with Gasteiger partial charge in [-0.05, 0) is 19.1 Å². The van der Waals surface area contributed by atoms with E-state index in [1.54, 1.807) is 24.0 Å². The van der Waals surface area contributed by atoms with Crippen LogP contribution in [0, 0.1) is 6.92 Å². The van der Waals surface area contributed by atoms with E-state index in [0.29, 0.717) is 5.82 Å². The van der Waals surface area contributed by atoms with Crippen molar-refractivity contribution in [1.82, 2.24) is 19.5 Å². The largest absolute Gasteiger partial charge is 0.372 e. The maximum Gasteiger partial charge on any atom is 0.244 e. The maximum atomic E-state index is 12.3. The third-order valence-electron chi connectivity index (χ3n) is 3.09. The van der Waals surface area contributed by atoms with E-state index < -0.39 is 10.0 Å². The number of rotatable bonds is 5. The molecule has 0 saturated heterocycles. The lowest BCUT2D eigenvalue weighted by atomic mass is 10.3. The summed E-state index contributed by atoms with van der Waals surface area (Å²) >= 11 is 0. The highest BCUT2D eigenvalue weighted by molar-refractivity contribution is 7.89. The molecular weight excluding hydrogens is 278 g/mol. The molecule has 2 N–H and O–H groups in total. The topological polar surface area (TPSA) is 88.9 Å². The van der Waals surface area contributed by atoms with Crippen molar-refractivity contribution in [1.29, 1.82) is 0 Å². The van der Waals surface area contributed by atoms with Crippen LogP contribution in [0.5, 0.6) is 0 Å². The maximum absolute atomic E-state index is 12.3. The molecule has 2 heterocycles. The summed E-state index contributed by atoms with van der Waals surface area (Å²) < 4.78 is 28.8. The lowest BCUT2D eigenvalue weighted by molar-refractivity contribution is 0.581. The van der Waals surface area contributed by atoms with Crippen LogP contribution in [-0.2, 0) is 23.6 Å². The van der Waals surface area contributed by atoms with Crippen LogP contribution in [0.25, 0.3) is 0 Å². The molecular formula is C12H17N5O2S. The minimum Gasteiger partial charge on any atom is -0.372 e. The van der Waals surface area contributed by atoms with Gasteiger partial charge in [0.2, 0.25) is 10.0 Å². The van der Waals surface area contributed by atoms with Crippen molar-refractivity contribution in [3.8, 4) is 0 Å². The van der Waals surface area contributed by atoms with Gasteiger partial charge in [-0.15, -0.1) is 0 Å². The van der Waals surface area contributed by atoms with Crippen LogP contribution in [-0.4, -0.2) is 30.2 Å². The van der Waals surface area contributed by atoms with Crippen molar-refractivity contribution < 1.29 is 8.42 Å². The summed E-state index contributed by atoms with van der Waals surface area (Å²) in [5.41, 5.74) is 1.76. The fourth-order valence-corrected chi connectivity index (χ4v) is 2.93. The summed E-state index contributed by atoms with van der Waals surface area (Å²) in [5, 5.41) is 6.85. The normalized spacial score (nSPS) is 11.6. The Labute approximate surface area is 118 Å². The Hall–Kier alpha value is -1.93. The molecule has 0 radical (unpaired) electrons. The molecule has 0 aliphatic carbocycles. The first-order valence-electron chi connectivity index (χ1n) is 6.05. The van der Waals surface area contributed by atoms with E-state index in [1.165, 1.54) is 12.3 Å². The van der Waals surface area contributed by atoms with Gasteiger partial charge >= 0.3 is 0 Å². The molecule has 0 fully saturated rings. The summed E-state index contributed by atoms with van der Waals surface area (Å²) in [4.78, 5) is 4.12. The molecule has 0 bridgehead atoms. The Morgan fingerprint density at radius 2 is 2.15 bits per heavy atom. The molecule has 0 unspecified atom stereocenters. The fraction of sp³-hybridized carbons (Fsp3) is 0.333. The molecule has 0 saturated carbocycles. The molecule has 2 aromatic heterocycles. The third kappa shape index (κ3) is 2.81. The molecule has 0 aliphatic heterocycles. The van der Waals surface area contributed by atoms with Crippen LogP contribution in [0.3, 0.4) is 0 Å². The summed E-state index contributed by atoms with van der Waals surface area (Å²) in [6.45, 7) is 2.08. The van der Waals surface area contributed by atoms with E-state index in [9.17, 15) is 8.42 Å². The number of hydrogen-bond donors (Lipinski definition) is 2. The van der Waals surface area contributed by atoms with E-state index in [4.69, 9.17) is 0 Å². The Morgan fingerprint density at radius 3 is 2.75 bits per heavy atom. The second-order valence-corrected chi connectivity index (χ2v) is 6.04. The van der Waals surface area contributed by atoms with Crippen LogP contribution < -0.4 is 10.0 Å². The second-order valence-electron chi connectivity index (χ2n) is 4.30. The predicted molar refractivity (Wildman–Crippen MR) is 75.8 cm³/mol. The summed E-state index contributed by atoms with van der Waals surface area (Å²) in [5.74, 6) is 0.322. The molecule has 0 atom stereocenters. The van der Waals surface area contributed by atoms with E-state index >= 15 is 0 Å². The number of sulfonamides is 1. The van der Waals surface area contributed by atoms with Gasteiger partial charge in [0.1, 0.15) is 10.7 Å². The van der Waals surface area contributed by atoms with Gasteiger partial charge in [-0.3, -0.25) is 4.68 Å². The first-order valence-corrected chi connectivity index (χ1v) is 7.54. The second kappa shape index (κ2) is 5.59. The Balaban J connectivity index is 2.22. The molecule has 7 nitrogen and oxygen atoms in total.